The number of benzene rings is 2. The maximum atomic E-state index is 4.93. The molecule has 2 aromatic rings. The summed E-state index contributed by atoms with van der Waals surface area (Å²) in [5, 5.41) is 3.41. The average molecular weight is 1170 g/mol. The molecule has 2 aromatic carbocycles. The van der Waals surface area contributed by atoms with E-state index in [0.29, 0.717) is 20.7 Å². The van der Waals surface area contributed by atoms with Gasteiger partial charge in [0.05, 0.1) is 0 Å². The molecule has 0 heterocycles. The number of hydrogen-bond acceptors (Lipinski definition) is 1. The fourth-order valence-corrected chi connectivity index (χ4v) is 86.5. The molecule has 13 heteroatoms. The van der Waals surface area contributed by atoms with Crippen molar-refractivity contribution in [2.75, 3.05) is 4.27 Å². The van der Waals surface area contributed by atoms with Crippen LogP contribution in [0.4, 0.5) is 5.69 Å². The molecule has 0 amide bonds. The van der Waals surface area contributed by atoms with E-state index in [4.69, 9.17) is 4.27 Å². The quantitative estimate of drug-likeness (QED) is 0.147. The van der Waals surface area contributed by atoms with Gasteiger partial charge in [0.2, 0.25) is 0 Å². The molecule has 0 aliphatic rings. The van der Waals surface area contributed by atoms with E-state index in [2.05, 4.69) is 255 Å². The first-order valence-corrected chi connectivity index (χ1v) is 68.5. The summed E-state index contributed by atoms with van der Waals surface area (Å²) in [5.74, 6) is 0. The molecule has 0 spiro atoms. The van der Waals surface area contributed by atoms with Crippen LogP contribution in [0.1, 0.15) is 80.0 Å². The summed E-state index contributed by atoms with van der Waals surface area (Å²) in [6, 6.07) is 11.5. The van der Waals surface area contributed by atoms with Gasteiger partial charge >= 0.3 is 427 Å². The van der Waals surface area contributed by atoms with E-state index in [1.54, 1.807) is 39.1 Å². The second-order valence-corrected chi connectivity index (χ2v) is 96.0. The molecular weight excluding hydrogens is 1060 g/mol. The van der Waals surface area contributed by atoms with E-state index < -0.39 is 92.9 Å². The van der Waals surface area contributed by atoms with Gasteiger partial charge < -0.3 is 0 Å². The van der Waals surface area contributed by atoms with Gasteiger partial charge in [0.25, 0.3) is 0 Å². The van der Waals surface area contributed by atoms with Gasteiger partial charge in [-0.1, -0.05) is 0 Å². The molecule has 368 valence electrons. The van der Waals surface area contributed by atoms with Gasteiger partial charge in [-0.15, -0.1) is 0 Å². The zero-order chi connectivity index (χ0) is 51.1. The number of anilines is 1. The summed E-state index contributed by atoms with van der Waals surface area (Å²) >= 11 is 1.82. The molecule has 0 fully saturated rings. The fourth-order valence-electron chi connectivity index (χ4n) is 14.7. The van der Waals surface area contributed by atoms with E-state index in [0.717, 1.165) is 5.16 Å². The van der Waals surface area contributed by atoms with E-state index in [1.165, 1.54) is 0 Å². The summed E-state index contributed by atoms with van der Waals surface area (Å²) in [5.41, 5.74) is 12.2. The Balaban J connectivity index is 3.74. The van der Waals surface area contributed by atoms with Crippen molar-refractivity contribution in [3.63, 3.8) is 0 Å². The second kappa shape index (κ2) is 19.8. The van der Waals surface area contributed by atoms with E-state index >= 15 is 0 Å². The molecule has 0 unspecified atom stereocenters. The van der Waals surface area contributed by atoms with Crippen molar-refractivity contribution in [1.82, 2.24) is 0 Å². The van der Waals surface area contributed by atoms with Crippen LogP contribution in [0.2, 0.25) is 196 Å². The number of rotatable bonds is 18. The molecule has 0 aliphatic heterocycles. The van der Waals surface area contributed by atoms with Crippen LogP contribution in [0.15, 0.2) is 24.3 Å². The Labute approximate surface area is 422 Å². The predicted molar refractivity (Wildman–Crippen MR) is 334 cm³/mol. The summed E-state index contributed by atoms with van der Waals surface area (Å²) in [6.07, 6.45) is 0. The minimum atomic E-state index is -2.43. The van der Waals surface area contributed by atoms with Gasteiger partial charge in [-0.2, -0.15) is 0 Å². The standard InChI is InChI=1S/C51H109GeNSeSi10/c1-51(2,3)39-36-40(47(57(10,11)12)58(13,14)15)44(41(37-39)48(59(16,17)18)60(19,20)21)52(54)53-45-42(49(61(22,23)24)62(25,26)27)34-38(46(55(4,5)6)56(7,8)9)35-43(45)50(63(28,29)30)64(31,32)33/h34-37,46-50,53H,1-33H3. The molecule has 0 radical (unpaired) electrons. The minimum absolute atomic E-state index is 0.0865. The van der Waals surface area contributed by atoms with Crippen molar-refractivity contribution >= 4 is 117 Å². The number of hydrogen-bond donors (Lipinski definition) is 1. The number of nitrogens with one attached hydrogen (secondary N) is 1. The zero-order valence-corrected chi connectivity index (χ0v) is 62.9. The van der Waals surface area contributed by atoms with E-state index in [-0.39, 0.29) is 5.41 Å². The van der Waals surface area contributed by atoms with E-state index in [1.807, 2.05) is 4.40 Å². The second-order valence-electron chi connectivity index (χ2n) is 32.6. The van der Waals surface area contributed by atoms with Gasteiger partial charge in [-0.05, 0) is 0 Å². The van der Waals surface area contributed by atoms with Crippen LogP contribution in [0.5, 0.6) is 0 Å². The summed E-state index contributed by atoms with van der Waals surface area (Å²) < 4.78 is 6.76. The van der Waals surface area contributed by atoms with Crippen LogP contribution in [-0.4, -0.2) is 106 Å². The Hall–Kier alpha value is 1.47. The third kappa shape index (κ3) is 15.2. The first-order valence-electron chi connectivity index (χ1n) is 25.3. The topological polar surface area (TPSA) is 12.0 Å². The normalized spacial score (nSPS) is 15.1. The molecule has 0 saturated heterocycles. The van der Waals surface area contributed by atoms with Crippen molar-refractivity contribution in [3.05, 3.63) is 57.6 Å². The molecule has 1 N–H and O–H groups in total. The van der Waals surface area contributed by atoms with Gasteiger partial charge in [-0.25, -0.2) is 0 Å². The van der Waals surface area contributed by atoms with Crippen LogP contribution in [0, 0.1) is 0 Å². The fraction of sp³-hybridized carbons (Fsp3) is 0.765. The van der Waals surface area contributed by atoms with Crippen molar-refractivity contribution in [2.45, 2.75) is 248 Å². The Morgan fingerprint density at radius 2 is 0.578 bits per heavy atom. The molecule has 0 saturated carbocycles. The van der Waals surface area contributed by atoms with Gasteiger partial charge in [0.1, 0.15) is 0 Å². The molecular formula is C51H109GeNSeSi10. The van der Waals surface area contributed by atoms with Gasteiger partial charge in [0, 0.05) is 0 Å². The van der Waals surface area contributed by atoms with E-state index in [9.17, 15) is 0 Å². The molecule has 0 bridgehead atoms. The Morgan fingerprint density at radius 1 is 0.359 bits per heavy atom. The summed E-state index contributed by atoms with van der Waals surface area (Å²) in [7, 11) is -16.7. The first-order chi connectivity index (χ1) is 27.7. The SMILES string of the molecule is CC(C)(C)c1cc(C([Si](C)(C)C)[Si](C)(C)C)[c]([Ge](=[Se])[NH]c2c(C([Si](C)(C)C)[Si](C)(C)C)cc(C([Si](C)(C)C)[Si](C)(C)C)cc2C([Si](C)(C)C)[Si](C)(C)C)c(C([Si](C)(C)C)[Si](C)(C)C)c1. The molecule has 0 aliphatic carbocycles. The third-order valence-electron chi connectivity index (χ3n) is 14.0. The molecule has 0 atom stereocenters. The Bertz CT molecular complexity index is 1790. The van der Waals surface area contributed by atoms with Crippen molar-refractivity contribution < 1.29 is 0 Å². The maximum absolute atomic E-state index is 4.93. The molecule has 0 aromatic heterocycles. The van der Waals surface area contributed by atoms with Crippen LogP contribution >= 0.6 is 0 Å². The van der Waals surface area contributed by atoms with Crippen LogP contribution in [0.3, 0.4) is 0 Å². The van der Waals surface area contributed by atoms with Crippen LogP contribution < -0.4 is 8.67 Å². The molecule has 64 heavy (non-hydrogen) atoms. The molecule has 1 nitrogen and oxygen atoms in total. The summed E-state index contributed by atoms with van der Waals surface area (Å²) in [4.78, 5) is 0. The zero-order valence-electron chi connectivity index (χ0n) is 49.1. The summed E-state index contributed by atoms with van der Waals surface area (Å²) in [6.45, 7) is 88.9. The third-order valence-corrected chi connectivity index (χ3v) is 66.9. The van der Waals surface area contributed by atoms with Gasteiger partial charge in [-0.3, -0.25) is 0 Å². The first kappa shape index (κ1) is 61.6. The monoisotopic (exact) mass is 1170 g/mol. The average Bonchev–Trinajstić information content (AvgIpc) is 2.90. The van der Waals surface area contributed by atoms with Crippen molar-refractivity contribution in [3.8, 4) is 0 Å². The Morgan fingerprint density at radius 3 is 0.781 bits per heavy atom. The predicted octanol–water partition coefficient (Wildman–Crippen LogP) is 17.2. The van der Waals surface area contributed by atoms with Gasteiger partial charge in [0.15, 0.2) is 0 Å². The Kier molecular flexibility index (Phi) is 19.1. The van der Waals surface area contributed by atoms with Crippen LogP contribution in [-0.2, 0) is 5.41 Å². The van der Waals surface area contributed by atoms with Crippen molar-refractivity contribution in [2.24, 2.45) is 0 Å². The van der Waals surface area contributed by atoms with Crippen LogP contribution in [0.25, 0.3) is 0 Å². The molecule has 2 rings (SSSR count). The van der Waals surface area contributed by atoms with Crippen molar-refractivity contribution in [1.29, 1.82) is 0 Å².